The summed E-state index contributed by atoms with van der Waals surface area (Å²) in [6.45, 7) is 6.77. The maximum atomic E-state index is 12.1. The predicted octanol–water partition coefficient (Wildman–Crippen LogP) is 1.99. The Morgan fingerprint density at radius 3 is 2.71 bits per heavy atom. The average molecular weight is 374 g/mol. The number of carbonyl (C=O) groups excluding carboxylic acids is 1. The Kier molecular flexibility index (Phi) is 5.71. The molecule has 1 aliphatic carbocycles. The van der Waals surface area contributed by atoms with Crippen molar-refractivity contribution >= 4 is 32.2 Å². The molecule has 0 fully saturated rings. The normalized spacial score (nSPS) is 19.6. The number of amides is 1. The lowest BCUT2D eigenvalue weighted by Crippen LogP contribution is -2.37. The number of nitrogens with two attached hydrogens (primary N) is 1. The number of nitrogens with one attached hydrogen (secondary N) is 1. The summed E-state index contributed by atoms with van der Waals surface area (Å²) in [5.41, 5.74) is 7.11. The third-order valence-corrected chi connectivity index (χ3v) is 6.54. The van der Waals surface area contributed by atoms with Crippen molar-refractivity contribution in [3.05, 3.63) is 10.6 Å². The van der Waals surface area contributed by atoms with Gasteiger partial charge in [-0.3, -0.25) is 4.79 Å². The highest BCUT2D eigenvalue weighted by molar-refractivity contribution is 7.90. The fourth-order valence-electron chi connectivity index (χ4n) is 2.84. The van der Waals surface area contributed by atoms with E-state index in [0.29, 0.717) is 11.0 Å². The molecule has 24 heavy (non-hydrogen) atoms. The Balaban J connectivity index is 1.98. The molecule has 1 aromatic heterocycles. The van der Waals surface area contributed by atoms with Crippen LogP contribution in [-0.4, -0.2) is 37.4 Å². The van der Waals surface area contributed by atoms with Gasteiger partial charge in [-0.25, -0.2) is 13.4 Å². The molecule has 2 atom stereocenters. The maximum absolute atomic E-state index is 12.1. The van der Waals surface area contributed by atoms with E-state index in [2.05, 4.69) is 31.1 Å². The van der Waals surface area contributed by atoms with Crippen LogP contribution in [0.2, 0.25) is 0 Å². The number of sulfone groups is 1. The second kappa shape index (κ2) is 7.09. The molecule has 8 heteroatoms. The first-order valence-corrected chi connectivity index (χ1v) is 11.1. The summed E-state index contributed by atoms with van der Waals surface area (Å²) in [7, 11) is -3.12. The van der Waals surface area contributed by atoms with Gasteiger partial charge in [0.1, 0.15) is 9.84 Å². The Morgan fingerprint density at radius 2 is 2.12 bits per heavy atom. The molecule has 6 nitrogen and oxygen atoms in total. The van der Waals surface area contributed by atoms with Crippen molar-refractivity contribution < 1.29 is 13.2 Å². The standard InChI is InChI=1S/C16H27N3O3S2/c1-16(2,3)10-5-6-12-13(9-10)23-15(18-12)19-14(20)11(17)7-8-24(4,21)22/h10-11H,5-9,17H2,1-4H3,(H,18,19,20). The van der Waals surface area contributed by atoms with Gasteiger partial charge in [0, 0.05) is 11.1 Å². The van der Waals surface area contributed by atoms with Crippen LogP contribution in [0.3, 0.4) is 0 Å². The number of thiazole rings is 1. The summed E-state index contributed by atoms with van der Waals surface area (Å²) in [6, 6.07) is -0.844. The summed E-state index contributed by atoms with van der Waals surface area (Å²) in [4.78, 5) is 17.8. The van der Waals surface area contributed by atoms with Crippen LogP contribution in [0.5, 0.6) is 0 Å². The van der Waals surface area contributed by atoms with E-state index in [1.165, 1.54) is 16.2 Å². The number of fused-ring (bicyclic) bond motifs is 1. The van der Waals surface area contributed by atoms with Gasteiger partial charge in [0.25, 0.3) is 0 Å². The molecule has 136 valence electrons. The van der Waals surface area contributed by atoms with E-state index < -0.39 is 15.9 Å². The third-order valence-electron chi connectivity index (χ3n) is 4.53. The van der Waals surface area contributed by atoms with Gasteiger partial charge in [-0.1, -0.05) is 20.8 Å². The Morgan fingerprint density at radius 1 is 1.46 bits per heavy atom. The molecule has 0 aliphatic heterocycles. The quantitative estimate of drug-likeness (QED) is 0.822. The highest BCUT2D eigenvalue weighted by Gasteiger charge is 2.31. The molecule has 0 radical (unpaired) electrons. The molecule has 2 rings (SSSR count). The van der Waals surface area contributed by atoms with E-state index in [9.17, 15) is 13.2 Å². The number of hydrogen-bond acceptors (Lipinski definition) is 6. The lowest BCUT2D eigenvalue weighted by Gasteiger charge is -2.33. The molecule has 1 heterocycles. The van der Waals surface area contributed by atoms with Gasteiger partial charge in [-0.15, -0.1) is 11.3 Å². The molecule has 1 aromatic rings. The second-order valence-corrected chi connectivity index (χ2v) is 11.1. The highest BCUT2D eigenvalue weighted by atomic mass is 32.2. The first-order chi connectivity index (χ1) is 11.0. The van der Waals surface area contributed by atoms with Crippen LogP contribution < -0.4 is 11.1 Å². The lowest BCUT2D eigenvalue weighted by molar-refractivity contribution is -0.117. The molecule has 2 unspecified atom stereocenters. The molecule has 1 aliphatic rings. The molecule has 0 aromatic carbocycles. The van der Waals surface area contributed by atoms with Gasteiger partial charge in [0.05, 0.1) is 17.5 Å². The Bertz CT molecular complexity index is 705. The number of aryl methyl sites for hydroxylation is 1. The SMILES string of the molecule is CC(C)(C)C1CCc2nc(NC(=O)C(N)CCS(C)(=O)=O)sc2C1. The van der Waals surface area contributed by atoms with Crippen molar-refractivity contribution in [1.29, 1.82) is 0 Å². The van der Waals surface area contributed by atoms with Crippen molar-refractivity contribution in [2.24, 2.45) is 17.1 Å². The van der Waals surface area contributed by atoms with Gasteiger partial charge >= 0.3 is 0 Å². The Labute approximate surface area is 148 Å². The molecular formula is C16H27N3O3S2. The first-order valence-electron chi connectivity index (χ1n) is 8.18. The summed E-state index contributed by atoms with van der Waals surface area (Å²) in [5, 5.41) is 3.30. The van der Waals surface area contributed by atoms with E-state index in [0.717, 1.165) is 31.2 Å². The summed E-state index contributed by atoms with van der Waals surface area (Å²) in [6.07, 6.45) is 4.29. The smallest absolute Gasteiger partial charge is 0.243 e. The highest BCUT2D eigenvalue weighted by Crippen LogP contribution is 2.40. The van der Waals surface area contributed by atoms with Gasteiger partial charge in [0.2, 0.25) is 5.91 Å². The number of aromatic nitrogens is 1. The van der Waals surface area contributed by atoms with Crippen LogP contribution in [-0.2, 0) is 27.5 Å². The van der Waals surface area contributed by atoms with Crippen LogP contribution in [0.15, 0.2) is 0 Å². The third kappa shape index (κ3) is 5.26. The first kappa shape index (κ1) is 19.3. The molecule has 0 saturated carbocycles. The number of anilines is 1. The topological polar surface area (TPSA) is 102 Å². The zero-order chi connectivity index (χ0) is 18.1. The second-order valence-electron chi connectivity index (χ2n) is 7.71. The van der Waals surface area contributed by atoms with Gasteiger partial charge in [-0.05, 0) is 37.0 Å². The van der Waals surface area contributed by atoms with Crippen molar-refractivity contribution in [2.75, 3.05) is 17.3 Å². The van der Waals surface area contributed by atoms with E-state index in [1.54, 1.807) is 0 Å². The van der Waals surface area contributed by atoms with Crippen LogP contribution in [0.25, 0.3) is 0 Å². The van der Waals surface area contributed by atoms with E-state index >= 15 is 0 Å². The molecule has 0 spiro atoms. The summed E-state index contributed by atoms with van der Waals surface area (Å²) in [5.74, 6) is 0.145. The van der Waals surface area contributed by atoms with Crippen LogP contribution in [0.1, 0.15) is 44.2 Å². The van der Waals surface area contributed by atoms with Gasteiger partial charge < -0.3 is 11.1 Å². The van der Waals surface area contributed by atoms with Gasteiger partial charge in [0.15, 0.2) is 5.13 Å². The van der Waals surface area contributed by atoms with E-state index in [4.69, 9.17) is 5.73 Å². The van der Waals surface area contributed by atoms with E-state index in [-0.39, 0.29) is 23.5 Å². The average Bonchev–Trinajstić information content (AvgIpc) is 2.83. The maximum Gasteiger partial charge on any atom is 0.243 e. The van der Waals surface area contributed by atoms with E-state index in [1.807, 2.05) is 0 Å². The van der Waals surface area contributed by atoms with Crippen LogP contribution >= 0.6 is 11.3 Å². The molecule has 0 saturated heterocycles. The minimum Gasteiger partial charge on any atom is -0.320 e. The van der Waals surface area contributed by atoms with Crippen LogP contribution in [0, 0.1) is 11.3 Å². The lowest BCUT2D eigenvalue weighted by atomic mass is 9.73. The fourth-order valence-corrected chi connectivity index (χ4v) is 4.61. The fraction of sp³-hybridized carbons (Fsp3) is 0.750. The van der Waals surface area contributed by atoms with Crippen molar-refractivity contribution in [3.8, 4) is 0 Å². The predicted molar refractivity (Wildman–Crippen MR) is 98.0 cm³/mol. The molecule has 0 bridgehead atoms. The number of nitrogens with zero attached hydrogens (tertiary/aromatic N) is 1. The van der Waals surface area contributed by atoms with Crippen LogP contribution in [0.4, 0.5) is 5.13 Å². The monoisotopic (exact) mass is 373 g/mol. The van der Waals surface area contributed by atoms with Crippen molar-refractivity contribution in [3.63, 3.8) is 0 Å². The zero-order valence-electron chi connectivity index (χ0n) is 14.8. The van der Waals surface area contributed by atoms with Crippen molar-refractivity contribution in [1.82, 2.24) is 4.98 Å². The summed E-state index contributed by atoms with van der Waals surface area (Å²) < 4.78 is 22.3. The minimum atomic E-state index is -3.12. The summed E-state index contributed by atoms with van der Waals surface area (Å²) >= 11 is 1.51. The minimum absolute atomic E-state index is 0.0940. The molecular weight excluding hydrogens is 346 g/mol. The molecule has 3 N–H and O–H groups in total. The zero-order valence-corrected chi connectivity index (χ0v) is 16.4. The van der Waals surface area contributed by atoms with Crippen molar-refractivity contribution in [2.45, 2.75) is 52.5 Å². The Hall–Kier alpha value is -0.990. The molecule has 1 amide bonds. The largest absolute Gasteiger partial charge is 0.320 e. The number of hydrogen-bond donors (Lipinski definition) is 2. The number of rotatable bonds is 5. The number of carbonyl (C=O) groups is 1. The van der Waals surface area contributed by atoms with Gasteiger partial charge in [-0.2, -0.15) is 0 Å².